The summed E-state index contributed by atoms with van der Waals surface area (Å²) in [4.78, 5) is 12.3. The second-order valence-corrected chi connectivity index (χ2v) is 9.79. The SMILES string of the molecule is Cc1ccc(CNC(=O)C2CCN(S(=O)(=O)c3cccc(OC(F)(F)F)c3)CC2)c(C)c1. The summed E-state index contributed by atoms with van der Waals surface area (Å²) in [5.41, 5.74) is 3.24. The maximum absolute atomic E-state index is 12.8. The number of nitrogens with zero attached hydrogens (tertiary/aromatic N) is 1. The lowest BCUT2D eigenvalue weighted by molar-refractivity contribution is -0.274. The zero-order valence-electron chi connectivity index (χ0n) is 17.8. The Bertz CT molecular complexity index is 1080. The Morgan fingerprint density at radius 1 is 1.12 bits per heavy atom. The van der Waals surface area contributed by atoms with Crippen LogP contribution in [0.5, 0.6) is 5.75 Å². The summed E-state index contributed by atoms with van der Waals surface area (Å²) >= 11 is 0. The molecule has 6 nitrogen and oxygen atoms in total. The van der Waals surface area contributed by atoms with Crippen molar-refractivity contribution in [1.82, 2.24) is 9.62 Å². The zero-order valence-corrected chi connectivity index (χ0v) is 18.6. The number of ether oxygens (including phenoxy) is 1. The van der Waals surface area contributed by atoms with Crippen molar-refractivity contribution < 1.29 is 31.1 Å². The number of aryl methyl sites for hydroxylation is 2. The Kier molecular flexibility index (Phi) is 7.14. The predicted octanol–water partition coefficient (Wildman–Crippen LogP) is 3.92. The molecular weight excluding hydrogens is 445 g/mol. The minimum atomic E-state index is -4.91. The van der Waals surface area contributed by atoms with Crippen LogP contribution < -0.4 is 10.1 Å². The van der Waals surface area contributed by atoms with E-state index in [2.05, 4.69) is 10.1 Å². The van der Waals surface area contributed by atoms with Crippen LogP contribution in [0.15, 0.2) is 47.4 Å². The van der Waals surface area contributed by atoms with Gasteiger partial charge in [-0.1, -0.05) is 29.8 Å². The highest BCUT2D eigenvalue weighted by atomic mass is 32.2. The van der Waals surface area contributed by atoms with Crippen LogP contribution in [0.1, 0.15) is 29.5 Å². The van der Waals surface area contributed by atoms with Crippen molar-refractivity contribution in [2.75, 3.05) is 13.1 Å². The molecule has 0 atom stereocenters. The molecule has 3 rings (SSSR count). The number of carbonyl (C=O) groups excluding carboxylic acids is 1. The summed E-state index contributed by atoms with van der Waals surface area (Å²) in [5, 5.41) is 2.91. The fourth-order valence-electron chi connectivity index (χ4n) is 3.71. The fourth-order valence-corrected chi connectivity index (χ4v) is 5.22. The van der Waals surface area contributed by atoms with E-state index < -0.39 is 22.1 Å². The van der Waals surface area contributed by atoms with Crippen molar-refractivity contribution >= 4 is 15.9 Å². The van der Waals surface area contributed by atoms with Gasteiger partial charge in [0.1, 0.15) is 5.75 Å². The molecule has 0 radical (unpaired) electrons. The molecule has 2 aromatic rings. The molecule has 1 heterocycles. The van der Waals surface area contributed by atoms with Gasteiger partial charge >= 0.3 is 6.36 Å². The molecule has 0 spiro atoms. The van der Waals surface area contributed by atoms with Crippen LogP contribution in [0.3, 0.4) is 0 Å². The Morgan fingerprint density at radius 3 is 2.44 bits per heavy atom. The number of hydrogen-bond acceptors (Lipinski definition) is 4. The lowest BCUT2D eigenvalue weighted by atomic mass is 9.97. The van der Waals surface area contributed by atoms with Gasteiger partial charge in [0.2, 0.25) is 15.9 Å². The molecular formula is C22H25F3N2O4S. The molecule has 1 amide bonds. The Balaban J connectivity index is 1.58. The molecule has 2 aromatic carbocycles. The van der Waals surface area contributed by atoms with Gasteiger partial charge < -0.3 is 10.1 Å². The maximum Gasteiger partial charge on any atom is 0.573 e. The summed E-state index contributed by atoms with van der Waals surface area (Å²) in [5.74, 6) is -1.06. The quantitative estimate of drug-likeness (QED) is 0.695. The van der Waals surface area contributed by atoms with Crippen LogP contribution in [0.2, 0.25) is 0 Å². The van der Waals surface area contributed by atoms with E-state index in [4.69, 9.17) is 0 Å². The van der Waals surface area contributed by atoms with Crippen molar-refractivity contribution in [2.24, 2.45) is 5.92 Å². The van der Waals surface area contributed by atoms with Gasteiger partial charge in [0.05, 0.1) is 4.90 Å². The number of carbonyl (C=O) groups is 1. The summed E-state index contributed by atoms with van der Waals surface area (Å²) in [6.45, 7) is 4.58. The van der Waals surface area contributed by atoms with Gasteiger partial charge in [-0.15, -0.1) is 13.2 Å². The number of rotatable bonds is 6. The summed E-state index contributed by atoms with van der Waals surface area (Å²) in [7, 11) is -4.00. The number of amides is 1. The Morgan fingerprint density at radius 2 is 1.81 bits per heavy atom. The molecule has 10 heteroatoms. The Hall–Kier alpha value is -2.59. The average Bonchev–Trinajstić information content (AvgIpc) is 2.72. The number of sulfonamides is 1. The highest BCUT2D eigenvalue weighted by Crippen LogP contribution is 2.28. The van der Waals surface area contributed by atoms with E-state index in [1.807, 2.05) is 32.0 Å². The molecule has 0 bridgehead atoms. The maximum atomic E-state index is 12.8. The molecule has 32 heavy (non-hydrogen) atoms. The number of halogens is 3. The van der Waals surface area contributed by atoms with Gasteiger partial charge in [-0.2, -0.15) is 4.31 Å². The average molecular weight is 471 g/mol. The normalized spacial score (nSPS) is 16.0. The van der Waals surface area contributed by atoms with Gasteiger partial charge in [0, 0.05) is 31.6 Å². The first-order valence-electron chi connectivity index (χ1n) is 10.2. The molecule has 1 saturated heterocycles. The van der Waals surface area contributed by atoms with Gasteiger partial charge in [0.25, 0.3) is 0 Å². The van der Waals surface area contributed by atoms with Gasteiger partial charge in [-0.3, -0.25) is 4.79 Å². The van der Waals surface area contributed by atoms with Crippen molar-refractivity contribution in [3.8, 4) is 5.75 Å². The Labute approximate surface area is 185 Å². The highest BCUT2D eigenvalue weighted by molar-refractivity contribution is 7.89. The molecule has 0 aromatic heterocycles. The second-order valence-electron chi connectivity index (χ2n) is 7.85. The van der Waals surface area contributed by atoms with Crippen molar-refractivity contribution in [1.29, 1.82) is 0 Å². The van der Waals surface area contributed by atoms with E-state index in [0.717, 1.165) is 28.8 Å². The molecule has 1 fully saturated rings. The van der Waals surface area contributed by atoms with Crippen LogP contribution in [-0.2, 0) is 21.4 Å². The molecule has 1 aliphatic heterocycles. The lowest BCUT2D eigenvalue weighted by Gasteiger charge is -2.30. The van der Waals surface area contributed by atoms with Crippen molar-refractivity contribution in [3.63, 3.8) is 0 Å². The van der Waals surface area contributed by atoms with Gasteiger partial charge in [-0.05, 0) is 49.9 Å². The van der Waals surface area contributed by atoms with E-state index in [0.29, 0.717) is 19.4 Å². The summed E-state index contributed by atoms with van der Waals surface area (Å²) in [6, 6.07) is 10.3. The summed E-state index contributed by atoms with van der Waals surface area (Å²) in [6.07, 6.45) is -4.25. The van der Waals surface area contributed by atoms with Gasteiger partial charge in [-0.25, -0.2) is 8.42 Å². The number of alkyl halides is 3. The molecule has 0 aliphatic carbocycles. The molecule has 1 aliphatic rings. The minimum Gasteiger partial charge on any atom is -0.406 e. The van der Waals surface area contributed by atoms with Crippen LogP contribution in [0, 0.1) is 19.8 Å². The number of nitrogens with one attached hydrogen (secondary N) is 1. The molecule has 0 unspecified atom stereocenters. The largest absolute Gasteiger partial charge is 0.573 e. The van der Waals surface area contributed by atoms with Gasteiger partial charge in [0.15, 0.2) is 0 Å². The van der Waals surface area contributed by atoms with Crippen LogP contribution in [0.25, 0.3) is 0 Å². The van der Waals surface area contributed by atoms with Crippen molar-refractivity contribution in [2.45, 2.75) is 44.5 Å². The predicted molar refractivity (Wildman–Crippen MR) is 112 cm³/mol. The first-order chi connectivity index (χ1) is 15.0. The standard InChI is InChI=1S/C22H25F3N2O4S/c1-15-6-7-18(16(2)12-15)14-26-21(28)17-8-10-27(11-9-17)32(29,30)20-5-3-4-19(13-20)31-22(23,24)25/h3-7,12-13,17H,8-11,14H2,1-2H3,(H,26,28). The number of piperidine rings is 1. The van der Waals surface area contributed by atoms with E-state index in [1.165, 1.54) is 16.4 Å². The van der Waals surface area contributed by atoms with Crippen LogP contribution in [-0.4, -0.2) is 38.1 Å². The van der Waals surface area contributed by atoms with E-state index in [9.17, 15) is 26.4 Å². The van der Waals surface area contributed by atoms with E-state index >= 15 is 0 Å². The third kappa shape index (κ3) is 6.01. The molecule has 0 saturated carbocycles. The summed E-state index contributed by atoms with van der Waals surface area (Å²) < 4.78 is 68.0. The topological polar surface area (TPSA) is 75.7 Å². The smallest absolute Gasteiger partial charge is 0.406 e. The third-order valence-corrected chi connectivity index (χ3v) is 7.35. The first-order valence-corrected chi connectivity index (χ1v) is 11.6. The highest BCUT2D eigenvalue weighted by Gasteiger charge is 2.34. The van der Waals surface area contributed by atoms with E-state index in [1.54, 1.807) is 0 Å². The first kappa shape index (κ1) is 24.1. The zero-order chi connectivity index (χ0) is 23.5. The van der Waals surface area contributed by atoms with Crippen LogP contribution in [0.4, 0.5) is 13.2 Å². The monoisotopic (exact) mass is 470 g/mol. The molecule has 1 N–H and O–H groups in total. The molecule has 174 valence electrons. The van der Waals surface area contributed by atoms with Crippen molar-refractivity contribution in [3.05, 3.63) is 59.2 Å². The van der Waals surface area contributed by atoms with Crippen LogP contribution >= 0.6 is 0 Å². The lowest BCUT2D eigenvalue weighted by Crippen LogP contribution is -2.42. The number of benzene rings is 2. The third-order valence-electron chi connectivity index (χ3n) is 5.45. The van der Waals surface area contributed by atoms with E-state index in [-0.39, 0.29) is 29.8 Å². The second kappa shape index (κ2) is 9.50. The number of hydrogen-bond donors (Lipinski definition) is 1. The minimum absolute atomic E-state index is 0.105. The fraction of sp³-hybridized carbons (Fsp3) is 0.409.